The maximum Gasteiger partial charge on any atom is 0.335 e. The van der Waals surface area contributed by atoms with Gasteiger partial charge in [-0.2, -0.15) is 0 Å². The van der Waals surface area contributed by atoms with E-state index >= 15 is 0 Å². The normalized spacial score (nSPS) is 23.0. The molecule has 2 saturated heterocycles. The van der Waals surface area contributed by atoms with E-state index in [0.29, 0.717) is 24.6 Å². The maximum atomic E-state index is 11.3. The molecule has 0 radical (unpaired) electrons. The van der Waals surface area contributed by atoms with Gasteiger partial charge >= 0.3 is 5.97 Å². The molecule has 3 rings (SSSR count). The fourth-order valence-electron chi connectivity index (χ4n) is 3.01. The van der Waals surface area contributed by atoms with E-state index < -0.39 is 5.97 Å². The lowest BCUT2D eigenvalue weighted by Crippen LogP contribution is -2.46. The van der Waals surface area contributed by atoms with E-state index in [4.69, 9.17) is 9.57 Å². The first kappa shape index (κ1) is 18.8. The quantitative estimate of drug-likeness (QED) is 0.602. The maximum absolute atomic E-state index is 11.3. The zero-order valence-corrected chi connectivity index (χ0v) is 15.1. The van der Waals surface area contributed by atoms with Crippen molar-refractivity contribution in [3.63, 3.8) is 0 Å². The van der Waals surface area contributed by atoms with Gasteiger partial charge in [-0.25, -0.2) is 4.79 Å². The molecule has 1 atom stereocenters. The second kappa shape index (κ2) is 9.07. The Morgan fingerprint density at radius 3 is 2.88 bits per heavy atom. The lowest BCUT2D eigenvalue weighted by molar-refractivity contribution is -0.162. The molecule has 3 heterocycles. The van der Waals surface area contributed by atoms with Gasteiger partial charge in [0.15, 0.2) is 0 Å². The Bertz CT molecular complexity index is 638. The smallest absolute Gasteiger partial charge is 0.335 e. The van der Waals surface area contributed by atoms with Gasteiger partial charge in [0.2, 0.25) is 6.29 Å². The van der Waals surface area contributed by atoms with Crippen molar-refractivity contribution in [3.05, 3.63) is 29.6 Å². The number of rotatable bonds is 6. The van der Waals surface area contributed by atoms with Crippen molar-refractivity contribution in [1.82, 2.24) is 14.8 Å². The third-order valence-electron chi connectivity index (χ3n) is 4.69. The van der Waals surface area contributed by atoms with E-state index in [1.54, 1.807) is 6.07 Å². The van der Waals surface area contributed by atoms with Crippen molar-refractivity contribution in [2.75, 3.05) is 46.4 Å². The second-order valence-corrected chi connectivity index (χ2v) is 6.75. The van der Waals surface area contributed by atoms with Crippen LogP contribution < -0.4 is 0 Å². The highest BCUT2D eigenvalue weighted by Gasteiger charge is 2.20. The summed E-state index contributed by atoms with van der Waals surface area (Å²) in [5, 5.41) is 13.6. The summed E-state index contributed by atoms with van der Waals surface area (Å²) in [7, 11) is 2.10. The topological polar surface area (TPSA) is 87.5 Å². The van der Waals surface area contributed by atoms with Gasteiger partial charge in [-0.05, 0) is 32.0 Å². The summed E-state index contributed by atoms with van der Waals surface area (Å²) in [5.74, 6) is -0.982. The Hall–Kier alpha value is -2.03. The molecule has 0 aliphatic carbocycles. The average Bonchev–Trinajstić information content (AvgIpc) is 2.67. The number of aromatic nitrogens is 1. The molecule has 0 amide bonds. The zero-order chi connectivity index (χ0) is 18.4. The number of likely N-dealkylation sites (N-methyl/N-ethyl adjacent to an activating group) is 1. The van der Waals surface area contributed by atoms with Crippen LogP contribution in [-0.2, 0) is 9.57 Å². The van der Waals surface area contributed by atoms with Crippen molar-refractivity contribution in [2.45, 2.75) is 25.6 Å². The molecule has 8 nitrogen and oxygen atoms in total. The van der Waals surface area contributed by atoms with E-state index in [-0.39, 0.29) is 11.9 Å². The van der Waals surface area contributed by atoms with Crippen LogP contribution in [0.15, 0.2) is 23.5 Å². The zero-order valence-electron chi connectivity index (χ0n) is 15.1. The summed E-state index contributed by atoms with van der Waals surface area (Å²) in [6, 6.07) is 3.02. The predicted octanol–water partition coefficient (Wildman–Crippen LogP) is 1.27. The van der Waals surface area contributed by atoms with Gasteiger partial charge in [-0.15, -0.1) is 0 Å². The molecule has 2 fully saturated rings. The number of ether oxygens (including phenoxy) is 1. The number of pyridine rings is 1. The van der Waals surface area contributed by atoms with Gasteiger partial charge in [-0.3, -0.25) is 9.88 Å². The van der Waals surface area contributed by atoms with E-state index in [2.05, 4.69) is 27.0 Å². The molecule has 0 bridgehead atoms. The van der Waals surface area contributed by atoms with Gasteiger partial charge in [0.05, 0.1) is 17.9 Å². The molecule has 1 N–H and O–H groups in total. The number of hydrogen-bond donors (Lipinski definition) is 1. The molecular weight excluding hydrogens is 336 g/mol. The van der Waals surface area contributed by atoms with Crippen molar-refractivity contribution in [3.8, 4) is 0 Å². The van der Waals surface area contributed by atoms with Gasteiger partial charge in [0, 0.05) is 45.3 Å². The summed E-state index contributed by atoms with van der Waals surface area (Å²) in [6.45, 7) is 5.07. The summed E-state index contributed by atoms with van der Waals surface area (Å²) in [6.07, 6.45) is 4.07. The number of carboxylic acids is 1. The molecule has 1 aromatic rings. The van der Waals surface area contributed by atoms with E-state index in [0.717, 1.165) is 45.4 Å². The monoisotopic (exact) mass is 362 g/mol. The van der Waals surface area contributed by atoms with Crippen molar-refractivity contribution in [1.29, 1.82) is 0 Å². The number of oxime groups is 1. The van der Waals surface area contributed by atoms with Crippen LogP contribution in [0.2, 0.25) is 0 Å². The van der Waals surface area contributed by atoms with Crippen molar-refractivity contribution < 1.29 is 19.5 Å². The highest BCUT2D eigenvalue weighted by molar-refractivity contribution is 6.01. The van der Waals surface area contributed by atoms with Crippen LogP contribution in [0.5, 0.6) is 0 Å². The fourth-order valence-corrected chi connectivity index (χ4v) is 3.01. The molecule has 2 aliphatic rings. The highest BCUT2D eigenvalue weighted by Crippen LogP contribution is 2.15. The fraction of sp³-hybridized carbons (Fsp3) is 0.611. The standard InChI is InChI=1S/C18H26N4O4/c1-21-7-9-22(10-8-21)13-16(20-26-17-4-2-3-11-25-17)15-12-14(18(23)24)5-6-19-15/h5-6,12,17H,2-4,7-11,13H2,1H3,(H,23,24)/b20-16+. The minimum atomic E-state index is -0.982. The van der Waals surface area contributed by atoms with E-state index in [1.165, 1.54) is 12.3 Å². The summed E-state index contributed by atoms with van der Waals surface area (Å²) in [5.41, 5.74) is 1.35. The minimum absolute atomic E-state index is 0.190. The largest absolute Gasteiger partial charge is 0.478 e. The van der Waals surface area contributed by atoms with Crippen LogP contribution >= 0.6 is 0 Å². The molecule has 1 aromatic heterocycles. The summed E-state index contributed by atoms with van der Waals surface area (Å²) in [4.78, 5) is 25.7. The molecule has 1 unspecified atom stereocenters. The molecule has 0 saturated carbocycles. The van der Waals surface area contributed by atoms with Crippen LogP contribution in [0, 0.1) is 0 Å². The Balaban J connectivity index is 1.75. The van der Waals surface area contributed by atoms with Gasteiger partial charge in [0.1, 0.15) is 5.71 Å². The summed E-state index contributed by atoms with van der Waals surface area (Å²) >= 11 is 0. The van der Waals surface area contributed by atoms with Gasteiger partial charge < -0.3 is 19.6 Å². The number of aromatic carboxylic acids is 1. The number of hydrogen-bond acceptors (Lipinski definition) is 7. The first-order valence-electron chi connectivity index (χ1n) is 9.07. The number of carbonyl (C=O) groups is 1. The first-order chi connectivity index (χ1) is 12.6. The Morgan fingerprint density at radius 2 is 2.19 bits per heavy atom. The van der Waals surface area contributed by atoms with Crippen LogP contribution in [0.25, 0.3) is 0 Å². The predicted molar refractivity (Wildman–Crippen MR) is 96.3 cm³/mol. The summed E-state index contributed by atoms with van der Waals surface area (Å²) < 4.78 is 5.57. The first-order valence-corrected chi connectivity index (χ1v) is 9.07. The SMILES string of the molecule is CN1CCN(C/C(=N\OC2CCCCO2)c2cc(C(=O)O)ccn2)CC1. The Morgan fingerprint density at radius 1 is 1.38 bits per heavy atom. The van der Waals surface area contributed by atoms with E-state index in [1.807, 2.05) is 0 Å². The van der Waals surface area contributed by atoms with Crippen molar-refractivity contribution >= 4 is 11.7 Å². The lowest BCUT2D eigenvalue weighted by Gasteiger charge is -2.32. The molecule has 2 aliphatic heterocycles. The third kappa shape index (κ3) is 5.23. The van der Waals surface area contributed by atoms with Gasteiger partial charge in [0.25, 0.3) is 0 Å². The van der Waals surface area contributed by atoms with Crippen LogP contribution in [0.4, 0.5) is 0 Å². The second-order valence-electron chi connectivity index (χ2n) is 6.75. The van der Waals surface area contributed by atoms with Crippen LogP contribution in [-0.4, -0.2) is 84.2 Å². The van der Waals surface area contributed by atoms with Gasteiger partial charge in [-0.1, -0.05) is 5.16 Å². The van der Waals surface area contributed by atoms with E-state index in [9.17, 15) is 9.90 Å². The van der Waals surface area contributed by atoms with Crippen molar-refractivity contribution in [2.24, 2.45) is 5.16 Å². The Kier molecular flexibility index (Phi) is 6.54. The number of nitrogens with zero attached hydrogens (tertiary/aromatic N) is 4. The number of piperazine rings is 1. The average molecular weight is 362 g/mol. The molecule has 26 heavy (non-hydrogen) atoms. The molecule has 0 spiro atoms. The molecule has 142 valence electrons. The lowest BCUT2D eigenvalue weighted by atomic mass is 10.1. The molecule has 8 heteroatoms. The number of carboxylic acid groups (broad SMARTS) is 1. The van der Waals surface area contributed by atoms with Crippen LogP contribution in [0.1, 0.15) is 35.3 Å². The Labute approximate surface area is 153 Å². The minimum Gasteiger partial charge on any atom is -0.478 e. The third-order valence-corrected chi connectivity index (χ3v) is 4.69. The molecule has 0 aromatic carbocycles. The molecular formula is C18H26N4O4. The van der Waals surface area contributed by atoms with Crippen LogP contribution in [0.3, 0.4) is 0 Å². The highest BCUT2D eigenvalue weighted by atomic mass is 16.8.